The molecule has 2 heterocycles. The molecule has 1 aromatic rings. The average Bonchev–Trinajstić information content (AvgIpc) is 2.76. The second-order valence-electron chi connectivity index (χ2n) is 5.66. The lowest BCUT2D eigenvalue weighted by molar-refractivity contribution is -0.0599. The lowest BCUT2D eigenvalue weighted by Gasteiger charge is -2.35. The van der Waals surface area contributed by atoms with Crippen LogP contribution in [-0.4, -0.2) is 33.7 Å². The topological polar surface area (TPSA) is 67.4 Å². The smallest absolute Gasteiger partial charge is 0.241 e. The van der Waals surface area contributed by atoms with Gasteiger partial charge in [0.15, 0.2) is 0 Å². The van der Waals surface area contributed by atoms with Crippen molar-refractivity contribution < 1.29 is 13.2 Å². The maximum absolute atomic E-state index is 12.5. The van der Waals surface area contributed by atoms with Gasteiger partial charge in [0, 0.05) is 24.1 Å². The molecule has 0 aliphatic carbocycles. The van der Waals surface area contributed by atoms with Crippen LogP contribution in [-0.2, 0) is 21.3 Å². The van der Waals surface area contributed by atoms with E-state index in [1.165, 1.54) is 11.3 Å². The molecule has 5 nitrogen and oxygen atoms in total. The van der Waals surface area contributed by atoms with Gasteiger partial charge in [-0.3, -0.25) is 0 Å². The molecule has 1 saturated heterocycles. The van der Waals surface area contributed by atoms with Crippen LogP contribution in [0.15, 0.2) is 16.3 Å². The van der Waals surface area contributed by atoms with Crippen LogP contribution in [0.1, 0.15) is 31.6 Å². The molecule has 1 aliphatic rings. The van der Waals surface area contributed by atoms with Crippen molar-refractivity contribution in [1.29, 1.82) is 0 Å². The van der Waals surface area contributed by atoms with E-state index >= 15 is 0 Å². The molecule has 1 aromatic heterocycles. The van der Waals surface area contributed by atoms with Crippen LogP contribution in [0.2, 0.25) is 0 Å². The van der Waals surface area contributed by atoms with Crippen molar-refractivity contribution in [3.05, 3.63) is 16.3 Å². The summed E-state index contributed by atoms with van der Waals surface area (Å²) in [6.07, 6.45) is 1.41. The van der Waals surface area contributed by atoms with Gasteiger partial charge in [-0.25, -0.2) is 13.1 Å². The van der Waals surface area contributed by atoms with Gasteiger partial charge in [-0.1, -0.05) is 0 Å². The number of sulfonamides is 1. The van der Waals surface area contributed by atoms with Gasteiger partial charge in [-0.05, 0) is 45.2 Å². The second kappa shape index (κ2) is 6.11. The summed E-state index contributed by atoms with van der Waals surface area (Å²) in [4.78, 5) is 1.23. The molecular weight excluding hydrogens is 296 g/mol. The van der Waals surface area contributed by atoms with Crippen molar-refractivity contribution in [3.8, 4) is 0 Å². The monoisotopic (exact) mass is 318 g/mol. The highest BCUT2D eigenvalue weighted by molar-refractivity contribution is 7.89. The van der Waals surface area contributed by atoms with E-state index in [1.54, 1.807) is 6.07 Å². The zero-order chi connectivity index (χ0) is 14.8. The normalized spacial score (nSPS) is 22.9. The zero-order valence-electron chi connectivity index (χ0n) is 12.1. The highest BCUT2D eigenvalue weighted by Gasteiger charge is 2.32. The average molecular weight is 318 g/mol. The molecule has 1 unspecified atom stereocenters. The standard InChI is InChI=1S/C13H22N2O3S2/c1-13(2)8-10(4-6-18-13)15-20(16,17)12-5-7-19-11(12)9-14-3/h5,7,10,14-15H,4,6,8-9H2,1-3H3. The summed E-state index contributed by atoms with van der Waals surface area (Å²) >= 11 is 1.46. The fraction of sp³-hybridized carbons (Fsp3) is 0.692. The van der Waals surface area contributed by atoms with Crippen LogP contribution < -0.4 is 10.0 Å². The van der Waals surface area contributed by atoms with Crippen LogP contribution in [0, 0.1) is 0 Å². The predicted octanol–water partition coefficient (Wildman–Crippen LogP) is 1.70. The van der Waals surface area contributed by atoms with Crippen LogP contribution in [0.4, 0.5) is 0 Å². The molecule has 0 saturated carbocycles. The molecule has 1 fully saturated rings. The third-order valence-electron chi connectivity index (χ3n) is 3.35. The summed E-state index contributed by atoms with van der Waals surface area (Å²) in [6.45, 7) is 5.13. The molecule has 1 atom stereocenters. The summed E-state index contributed by atoms with van der Waals surface area (Å²) in [6, 6.07) is 1.61. The fourth-order valence-corrected chi connectivity index (χ4v) is 5.20. The summed E-state index contributed by atoms with van der Waals surface area (Å²) in [5.74, 6) is 0. The van der Waals surface area contributed by atoms with Gasteiger partial charge in [0.2, 0.25) is 10.0 Å². The molecule has 1 aliphatic heterocycles. The zero-order valence-corrected chi connectivity index (χ0v) is 13.7. The first kappa shape index (κ1) is 15.9. The fourth-order valence-electron chi connectivity index (χ4n) is 2.47. The molecule has 20 heavy (non-hydrogen) atoms. The van der Waals surface area contributed by atoms with Crippen LogP contribution in [0.3, 0.4) is 0 Å². The molecule has 0 bridgehead atoms. The van der Waals surface area contributed by atoms with E-state index in [-0.39, 0.29) is 11.6 Å². The lowest BCUT2D eigenvalue weighted by atomic mass is 9.95. The summed E-state index contributed by atoms with van der Waals surface area (Å²) in [5, 5.41) is 4.81. The minimum atomic E-state index is -3.45. The Bertz CT molecular complexity index is 552. The first-order valence-corrected chi connectivity index (χ1v) is 9.07. The van der Waals surface area contributed by atoms with Crippen molar-refractivity contribution in [1.82, 2.24) is 10.0 Å². The number of hydrogen-bond acceptors (Lipinski definition) is 5. The Morgan fingerprint density at radius 3 is 2.90 bits per heavy atom. The van der Waals surface area contributed by atoms with Crippen molar-refractivity contribution >= 4 is 21.4 Å². The van der Waals surface area contributed by atoms with E-state index in [2.05, 4.69) is 10.0 Å². The second-order valence-corrected chi connectivity index (χ2v) is 8.34. The number of nitrogens with one attached hydrogen (secondary N) is 2. The van der Waals surface area contributed by atoms with Crippen molar-refractivity contribution in [2.75, 3.05) is 13.7 Å². The molecule has 2 N–H and O–H groups in total. The van der Waals surface area contributed by atoms with E-state index in [0.717, 1.165) is 4.88 Å². The third-order valence-corrected chi connectivity index (χ3v) is 6.01. The first-order chi connectivity index (χ1) is 9.34. The van der Waals surface area contributed by atoms with Gasteiger partial charge in [0.05, 0.1) is 10.5 Å². The van der Waals surface area contributed by atoms with Crippen LogP contribution >= 0.6 is 11.3 Å². The first-order valence-electron chi connectivity index (χ1n) is 6.71. The van der Waals surface area contributed by atoms with Gasteiger partial charge in [-0.15, -0.1) is 11.3 Å². The Labute approximate surface area is 124 Å². The quantitative estimate of drug-likeness (QED) is 0.867. The molecule has 7 heteroatoms. The minimum absolute atomic E-state index is 0.0638. The highest BCUT2D eigenvalue weighted by atomic mass is 32.2. The van der Waals surface area contributed by atoms with Crippen molar-refractivity contribution in [2.45, 2.75) is 49.8 Å². The summed E-state index contributed by atoms with van der Waals surface area (Å²) in [7, 11) is -1.64. The molecule has 0 aromatic carbocycles. The van der Waals surface area contributed by atoms with Gasteiger partial charge in [0.1, 0.15) is 0 Å². The molecule has 0 amide bonds. The van der Waals surface area contributed by atoms with Gasteiger partial charge < -0.3 is 10.1 Å². The molecule has 0 radical (unpaired) electrons. The van der Waals surface area contributed by atoms with E-state index in [0.29, 0.717) is 30.9 Å². The number of rotatable bonds is 5. The van der Waals surface area contributed by atoms with E-state index in [4.69, 9.17) is 4.74 Å². The Morgan fingerprint density at radius 1 is 1.50 bits per heavy atom. The molecular formula is C13H22N2O3S2. The third kappa shape index (κ3) is 3.79. The van der Waals surface area contributed by atoms with Gasteiger partial charge in [-0.2, -0.15) is 0 Å². The Kier molecular flexibility index (Phi) is 4.86. The largest absolute Gasteiger partial charge is 0.375 e. The molecule has 0 spiro atoms. The van der Waals surface area contributed by atoms with Crippen molar-refractivity contribution in [3.63, 3.8) is 0 Å². The van der Waals surface area contributed by atoms with Crippen molar-refractivity contribution in [2.24, 2.45) is 0 Å². The molecule has 2 rings (SSSR count). The van der Waals surface area contributed by atoms with Gasteiger partial charge >= 0.3 is 0 Å². The van der Waals surface area contributed by atoms with Gasteiger partial charge in [0.25, 0.3) is 0 Å². The Morgan fingerprint density at radius 2 is 2.25 bits per heavy atom. The lowest BCUT2D eigenvalue weighted by Crippen LogP contribution is -2.45. The van der Waals surface area contributed by atoms with E-state index in [1.807, 2.05) is 26.3 Å². The minimum Gasteiger partial charge on any atom is -0.375 e. The maximum Gasteiger partial charge on any atom is 0.241 e. The summed E-state index contributed by atoms with van der Waals surface area (Å²) < 4.78 is 33.4. The van der Waals surface area contributed by atoms with Crippen LogP contribution in [0.5, 0.6) is 0 Å². The van der Waals surface area contributed by atoms with E-state index in [9.17, 15) is 8.42 Å². The van der Waals surface area contributed by atoms with Crippen LogP contribution in [0.25, 0.3) is 0 Å². The summed E-state index contributed by atoms with van der Waals surface area (Å²) in [5.41, 5.74) is -0.270. The Balaban J connectivity index is 2.13. The number of hydrogen-bond donors (Lipinski definition) is 2. The number of thiophene rings is 1. The molecule has 114 valence electrons. The highest BCUT2D eigenvalue weighted by Crippen LogP contribution is 2.27. The van der Waals surface area contributed by atoms with E-state index < -0.39 is 10.0 Å². The Hall–Kier alpha value is -0.470. The predicted molar refractivity (Wildman–Crippen MR) is 80.5 cm³/mol. The maximum atomic E-state index is 12.5. The SMILES string of the molecule is CNCc1sccc1S(=O)(=O)NC1CCOC(C)(C)C1. The number of ether oxygens (including phenoxy) is 1.